The number of aromatic nitrogens is 2. The van der Waals surface area contributed by atoms with Crippen molar-refractivity contribution >= 4 is 17.3 Å². The molecular formula is C16H19N5. The van der Waals surface area contributed by atoms with Crippen molar-refractivity contribution in [2.45, 2.75) is 26.7 Å². The molecule has 1 heterocycles. The zero-order valence-corrected chi connectivity index (χ0v) is 12.5. The van der Waals surface area contributed by atoms with Gasteiger partial charge in [0.25, 0.3) is 0 Å². The van der Waals surface area contributed by atoms with Crippen molar-refractivity contribution in [3.05, 3.63) is 41.7 Å². The average Bonchev–Trinajstić information content (AvgIpc) is 2.47. The Bertz CT molecular complexity index is 658. The third-order valence-electron chi connectivity index (χ3n) is 2.88. The van der Waals surface area contributed by atoms with Gasteiger partial charge in [-0.15, -0.1) is 0 Å². The Hall–Kier alpha value is -2.61. The molecule has 0 fully saturated rings. The van der Waals surface area contributed by atoms with Crippen molar-refractivity contribution in [2.75, 3.05) is 17.2 Å². The van der Waals surface area contributed by atoms with Gasteiger partial charge in [0.05, 0.1) is 11.6 Å². The van der Waals surface area contributed by atoms with Crippen LogP contribution in [0.4, 0.5) is 17.3 Å². The van der Waals surface area contributed by atoms with Gasteiger partial charge in [-0.3, -0.25) is 0 Å². The quantitative estimate of drug-likeness (QED) is 0.875. The summed E-state index contributed by atoms with van der Waals surface area (Å²) >= 11 is 0. The summed E-state index contributed by atoms with van der Waals surface area (Å²) in [6.45, 7) is 6.95. The third-order valence-corrected chi connectivity index (χ3v) is 2.88. The second-order valence-electron chi connectivity index (χ2n) is 5.00. The number of anilines is 3. The molecule has 0 bridgehead atoms. The van der Waals surface area contributed by atoms with Crippen LogP contribution < -0.4 is 10.6 Å². The zero-order chi connectivity index (χ0) is 15.2. The summed E-state index contributed by atoms with van der Waals surface area (Å²) in [7, 11) is 0. The molecule has 1 aromatic carbocycles. The minimum absolute atomic E-state index is 0.245. The maximum atomic E-state index is 8.95. The highest BCUT2D eigenvalue weighted by atomic mass is 15.1. The molecule has 2 N–H and O–H groups in total. The molecular weight excluding hydrogens is 262 g/mol. The van der Waals surface area contributed by atoms with Crippen molar-refractivity contribution in [3.8, 4) is 6.07 Å². The molecule has 0 amide bonds. The molecule has 0 aliphatic rings. The van der Waals surface area contributed by atoms with Gasteiger partial charge in [0.2, 0.25) is 0 Å². The van der Waals surface area contributed by atoms with E-state index in [9.17, 15) is 0 Å². The van der Waals surface area contributed by atoms with E-state index >= 15 is 0 Å². The number of rotatable bonds is 5. The van der Waals surface area contributed by atoms with E-state index in [1.807, 2.05) is 25.1 Å². The van der Waals surface area contributed by atoms with E-state index in [0.29, 0.717) is 5.56 Å². The molecule has 5 heteroatoms. The van der Waals surface area contributed by atoms with Gasteiger partial charge < -0.3 is 10.6 Å². The predicted molar refractivity (Wildman–Crippen MR) is 84.7 cm³/mol. The van der Waals surface area contributed by atoms with E-state index < -0.39 is 0 Å². The van der Waals surface area contributed by atoms with E-state index in [4.69, 9.17) is 5.26 Å². The first-order valence-corrected chi connectivity index (χ1v) is 7.02. The average molecular weight is 281 g/mol. The summed E-state index contributed by atoms with van der Waals surface area (Å²) in [5, 5.41) is 15.4. The van der Waals surface area contributed by atoms with E-state index in [-0.39, 0.29) is 5.92 Å². The highest BCUT2D eigenvalue weighted by molar-refractivity contribution is 5.61. The lowest BCUT2D eigenvalue weighted by Crippen LogP contribution is -2.07. The van der Waals surface area contributed by atoms with Crippen LogP contribution in [0.25, 0.3) is 0 Å². The molecule has 2 aromatic rings. The summed E-state index contributed by atoms with van der Waals surface area (Å²) in [5.41, 5.74) is 1.45. The lowest BCUT2D eigenvalue weighted by molar-refractivity contribution is 0.777. The lowest BCUT2D eigenvalue weighted by Gasteiger charge is -2.12. The Morgan fingerprint density at radius 2 is 1.95 bits per heavy atom. The standard InChI is InChI=1S/C16H19N5/c1-4-18-14-9-15(21-16(20-14)11(2)3)19-13-7-5-6-12(8-13)10-17/h5-9,11H,4H2,1-3H3,(H2,18,19,20,21). The Balaban J connectivity index is 2.31. The topological polar surface area (TPSA) is 73.6 Å². The summed E-state index contributed by atoms with van der Waals surface area (Å²) < 4.78 is 0. The Morgan fingerprint density at radius 1 is 1.19 bits per heavy atom. The van der Waals surface area contributed by atoms with Gasteiger partial charge in [-0.1, -0.05) is 19.9 Å². The van der Waals surface area contributed by atoms with Crippen LogP contribution >= 0.6 is 0 Å². The van der Waals surface area contributed by atoms with Gasteiger partial charge in [-0.05, 0) is 25.1 Å². The number of nitriles is 1. The molecule has 0 saturated heterocycles. The van der Waals surface area contributed by atoms with Crippen LogP contribution in [0.1, 0.15) is 38.1 Å². The normalized spacial score (nSPS) is 10.2. The van der Waals surface area contributed by atoms with Crippen LogP contribution in [0.2, 0.25) is 0 Å². The highest BCUT2D eigenvalue weighted by Gasteiger charge is 2.08. The van der Waals surface area contributed by atoms with Crippen LogP contribution in [0.15, 0.2) is 30.3 Å². The second kappa shape index (κ2) is 6.71. The maximum Gasteiger partial charge on any atom is 0.136 e. The fraction of sp³-hybridized carbons (Fsp3) is 0.312. The Labute approximate surface area is 125 Å². The van der Waals surface area contributed by atoms with Gasteiger partial charge in [0.1, 0.15) is 17.5 Å². The summed E-state index contributed by atoms with van der Waals surface area (Å²) in [6, 6.07) is 11.3. The van der Waals surface area contributed by atoms with Gasteiger partial charge >= 0.3 is 0 Å². The van der Waals surface area contributed by atoms with Crippen molar-refractivity contribution in [1.29, 1.82) is 5.26 Å². The zero-order valence-electron chi connectivity index (χ0n) is 12.5. The van der Waals surface area contributed by atoms with E-state index in [1.165, 1.54) is 0 Å². The monoisotopic (exact) mass is 281 g/mol. The second-order valence-corrected chi connectivity index (χ2v) is 5.00. The van der Waals surface area contributed by atoms with Crippen LogP contribution in [0, 0.1) is 11.3 Å². The maximum absolute atomic E-state index is 8.95. The molecule has 0 spiro atoms. The highest BCUT2D eigenvalue weighted by Crippen LogP contribution is 2.21. The number of hydrogen-bond donors (Lipinski definition) is 2. The van der Waals surface area contributed by atoms with Crippen molar-refractivity contribution in [2.24, 2.45) is 0 Å². The molecule has 0 saturated carbocycles. The fourth-order valence-electron chi connectivity index (χ4n) is 1.87. The van der Waals surface area contributed by atoms with Crippen LogP contribution in [0.5, 0.6) is 0 Å². The molecule has 2 rings (SSSR count). The molecule has 0 aliphatic carbocycles. The van der Waals surface area contributed by atoms with Crippen molar-refractivity contribution < 1.29 is 0 Å². The van der Waals surface area contributed by atoms with Gasteiger partial charge in [-0.2, -0.15) is 5.26 Å². The van der Waals surface area contributed by atoms with Gasteiger partial charge in [-0.25, -0.2) is 9.97 Å². The molecule has 21 heavy (non-hydrogen) atoms. The number of benzene rings is 1. The Kier molecular flexibility index (Phi) is 4.72. The Morgan fingerprint density at radius 3 is 2.62 bits per heavy atom. The van der Waals surface area contributed by atoms with Crippen molar-refractivity contribution in [3.63, 3.8) is 0 Å². The summed E-state index contributed by atoms with van der Waals surface area (Å²) in [4.78, 5) is 9.00. The van der Waals surface area contributed by atoms with Gasteiger partial charge in [0.15, 0.2) is 0 Å². The number of hydrogen-bond acceptors (Lipinski definition) is 5. The largest absolute Gasteiger partial charge is 0.370 e. The summed E-state index contributed by atoms with van der Waals surface area (Å²) in [6.07, 6.45) is 0. The van der Waals surface area contributed by atoms with Crippen LogP contribution in [-0.2, 0) is 0 Å². The van der Waals surface area contributed by atoms with Crippen LogP contribution in [-0.4, -0.2) is 16.5 Å². The van der Waals surface area contributed by atoms with Gasteiger partial charge in [0, 0.05) is 24.2 Å². The third kappa shape index (κ3) is 3.93. The first kappa shape index (κ1) is 14.8. The first-order valence-electron chi connectivity index (χ1n) is 7.02. The van der Waals surface area contributed by atoms with Crippen LogP contribution in [0.3, 0.4) is 0 Å². The minimum Gasteiger partial charge on any atom is -0.370 e. The lowest BCUT2D eigenvalue weighted by atomic mass is 10.2. The fourth-order valence-corrected chi connectivity index (χ4v) is 1.87. The predicted octanol–water partition coefficient (Wildman–Crippen LogP) is 3.65. The molecule has 5 nitrogen and oxygen atoms in total. The number of nitrogens with one attached hydrogen (secondary N) is 2. The van der Waals surface area contributed by atoms with E-state index in [2.05, 4.69) is 40.5 Å². The minimum atomic E-state index is 0.245. The SMILES string of the molecule is CCNc1cc(Nc2cccc(C#N)c2)nc(C(C)C)n1. The molecule has 108 valence electrons. The van der Waals surface area contributed by atoms with E-state index in [1.54, 1.807) is 12.1 Å². The molecule has 0 unspecified atom stereocenters. The molecule has 1 aromatic heterocycles. The molecule has 0 aliphatic heterocycles. The first-order chi connectivity index (χ1) is 10.1. The summed E-state index contributed by atoms with van der Waals surface area (Å²) in [5.74, 6) is 2.55. The van der Waals surface area contributed by atoms with Crippen molar-refractivity contribution in [1.82, 2.24) is 9.97 Å². The molecule has 0 radical (unpaired) electrons. The molecule has 0 atom stereocenters. The smallest absolute Gasteiger partial charge is 0.136 e. The number of nitrogens with zero attached hydrogens (tertiary/aromatic N) is 3. The van der Waals surface area contributed by atoms with E-state index in [0.717, 1.165) is 29.7 Å².